The molecule has 1 aromatic rings. The van der Waals surface area contributed by atoms with Gasteiger partial charge in [0.05, 0.1) is 6.54 Å². The van der Waals surface area contributed by atoms with E-state index in [1.54, 1.807) is 12.1 Å². The van der Waals surface area contributed by atoms with E-state index >= 15 is 0 Å². The smallest absolute Gasteiger partial charge is 0.238 e. The van der Waals surface area contributed by atoms with Gasteiger partial charge in [0, 0.05) is 24.3 Å². The molecular weight excluding hydrogens is 304 g/mol. The molecule has 1 aliphatic heterocycles. The van der Waals surface area contributed by atoms with Gasteiger partial charge in [-0.1, -0.05) is 12.8 Å². The van der Waals surface area contributed by atoms with Crippen LogP contribution in [0.4, 0.5) is 11.4 Å². The van der Waals surface area contributed by atoms with E-state index < -0.39 is 0 Å². The lowest BCUT2D eigenvalue weighted by Crippen LogP contribution is -2.33. The van der Waals surface area contributed by atoms with Gasteiger partial charge in [0.15, 0.2) is 0 Å². The highest BCUT2D eigenvalue weighted by atomic mass is 16.2. The highest BCUT2D eigenvalue weighted by Crippen LogP contribution is 2.14. The Hall–Kier alpha value is -1.92. The first-order valence-corrected chi connectivity index (χ1v) is 8.74. The summed E-state index contributed by atoms with van der Waals surface area (Å²) in [4.78, 5) is 26.0. The first-order chi connectivity index (χ1) is 11.7. The summed E-state index contributed by atoms with van der Waals surface area (Å²) in [7, 11) is 1.82. The van der Waals surface area contributed by atoms with Gasteiger partial charge in [-0.3, -0.25) is 14.5 Å². The Kier molecular flexibility index (Phi) is 7.71. The van der Waals surface area contributed by atoms with E-state index in [9.17, 15) is 9.59 Å². The minimum absolute atomic E-state index is 0.0164. The van der Waals surface area contributed by atoms with Crippen molar-refractivity contribution in [2.24, 2.45) is 0 Å². The fraction of sp³-hybridized carbons (Fsp3) is 0.556. The first-order valence-electron chi connectivity index (χ1n) is 8.74. The maximum atomic E-state index is 12.1. The lowest BCUT2D eigenvalue weighted by molar-refractivity contribution is -0.117. The van der Waals surface area contributed by atoms with E-state index in [0.717, 1.165) is 24.5 Å². The summed E-state index contributed by atoms with van der Waals surface area (Å²) < 4.78 is 0. The molecule has 0 unspecified atom stereocenters. The number of nitrogens with one attached hydrogen (secondary N) is 3. The Morgan fingerprint density at radius 2 is 1.46 bits per heavy atom. The first kappa shape index (κ1) is 18.4. The van der Waals surface area contributed by atoms with Crippen LogP contribution >= 0.6 is 0 Å². The van der Waals surface area contributed by atoms with Crippen molar-refractivity contribution in [2.45, 2.75) is 32.1 Å². The van der Waals surface area contributed by atoms with Crippen molar-refractivity contribution in [2.75, 3.05) is 43.9 Å². The summed E-state index contributed by atoms with van der Waals surface area (Å²) in [5.74, 6) is -0.00925. The Bertz CT molecular complexity index is 522. The molecule has 0 atom stereocenters. The average molecular weight is 332 g/mol. The number of hydrogen-bond donors (Lipinski definition) is 3. The molecule has 24 heavy (non-hydrogen) atoms. The molecule has 1 aromatic carbocycles. The van der Waals surface area contributed by atoms with E-state index in [-0.39, 0.29) is 11.8 Å². The van der Waals surface area contributed by atoms with Crippen LogP contribution in [0.15, 0.2) is 24.3 Å². The van der Waals surface area contributed by atoms with Crippen molar-refractivity contribution in [1.29, 1.82) is 0 Å². The minimum atomic E-state index is -0.0256. The molecule has 6 nitrogen and oxygen atoms in total. The Balaban J connectivity index is 1.78. The molecule has 0 spiro atoms. The predicted molar refractivity (Wildman–Crippen MR) is 97.2 cm³/mol. The molecular formula is C18H28N4O2. The van der Waals surface area contributed by atoms with Gasteiger partial charge >= 0.3 is 0 Å². The van der Waals surface area contributed by atoms with Gasteiger partial charge in [-0.2, -0.15) is 0 Å². The van der Waals surface area contributed by atoms with Crippen LogP contribution in [-0.4, -0.2) is 49.9 Å². The van der Waals surface area contributed by atoms with Crippen molar-refractivity contribution in [1.82, 2.24) is 10.2 Å². The number of rotatable bonds is 7. The predicted octanol–water partition coefficient (Wildman–Crippen LogP) is 2.05. The van der Waals surface area contributed by atoms with E-state index in [1.807, 2.05) is 19.2 Å². The maximum Gasteiger partial charge on any atom is 0.238 e. The van der Waals surface area contributed by atoms with Crippen molar-refractivity contribution in [3.05, 3.63) is 24.3 Å². The van der Waals surface area contributed by atoms with Gasteiger partial charge in [0.25, 0.3) is 0 Å². The SMILES string of the molecule is CNCCC(=O)Nc1ccc(NC(=O)CN2CCCCCC2)cc1. The summed E-state index contributed by atoms with van der Waals surface area (Å²) in [6, 6.07) is 7.24. The molecule has 6 heteroatoms. The molecule has 2 amide bonds. The largest absolute Gasteiger partial charge is 0.326 e. The third kappa shape index (κ3) is 6.68. The van der Waals surface area contributed by atoms with Crippen LogP contribution in [0.1, 0.15) is 32.1 Å². The highest BCUT2D eigenvalue weighted by Gasteiger charge is 2.13. The number of anilines is 2. The van der Waals surface area contributed by atoms with Crippen LogP contribution in [0.3, 0.4) is 0 Å². The Morgan fingerprint density at radius 1 is 0.917 bits per heavy atom. The fourth-order valence-electron chi connectivity index (χ4n) is 2.80. The van der Waals surface area contributed by atoms with Crippen LogP contribution < -0.4 is 16.0 Å². The number of carbonyl (C=O) groups is 2. The van der Waals surface area contributed by atoms with Gasteiger partial charge < -0.3 is 16.0 Å². The van der Waals surface area contributed by atoms with E-state index in [2.05, 4.69) is 20.9 Å². The minimum Gasteiger partial charge on any atom is -0.326 e. The van der Waals surface area contributed by atoms with Gasteiger partial charge in [-0.25, -0.2) is 0 Å². The average Bonchev–Trinajstić information content (AvgIpc) is 2.83. The number of nitrogens with zero attached hydrogens (tertiary/aromatic N) is 1. The van der Waals surface area contributed by atoms with Gasteiger partial charge in [-0.15, -0.1) is 0 Å². The second kappa shape index (κ2) is 10.1. The zero-order valence-electron chi connectivity index (χ0n) is 14.4. The summed E-state index contributed by atoms with van der Waals surface area (Å²) in [5.41, 5.74) is 1.49. The molecule has 2 rings (SSSR count). The second-order valence-corrected chi connectivity index (χ2v) is 6.22. The number of hydrogen-bond acceptors (Lipinski definition) is 4. The summed E-state index contributed by atoms with van der Waals surface area (Å²) >= 11 is 0. The fourth-order valence-corrected chi connectivity index (χ4v) is 2.80. The number of likely N-dealkylation sites (tertiary alicyclic amines) is 1. The van der Waals surface area contributed by atoms with Crippen LogP contribution in [0.5, 0.6) is 0 Å². The van der Waals surface area contributed by atoms with E-state index in [0.29, 0.717) is 19.5 Å². The van der Waals surface area contributed by atoms with Crippen LogP contribution in [0.25, 0.3) is 0 Å². The molecule has 1 heterocycles. The quantitative estimate of drug-likeness (QED) is 0.714. The number of benzene rings is 1. The lowest BCUT2D eigenvalue weighted by atomic mass is 10.2. The molecule has 3 N–H and O–H groups in total. The van der Waals surface area contributed by atoms with Crippen LogP contribution in [0, 0.1) is 0 Å². The molecule has 0 aliphatic carbocycles. The van der Waals surface area contributed by atoms with E-state index in [4.69, 9.17) is 0 Å². The van der Waals surface area contributed by atoms with Gasteiger partial charge in [0.1, 0.15) is 0 Å². The Morgan fingerprint density at radius 3 is 2.00 bits per heavy atom. The van der Waals surface area contributed by atoms with Crippen molar-refractivity contribution >= 4 is 23.2 Å². The van der Waals surface area contributed by atoms with Gasteiger partial charge in [-0.05, 0) is 57.2 Å². The molecule has 1 fully saturated rings. The lowest BCUT2D eigenvalue weighted by Gasteiger charge is -2.19. The van der Waals surface area contributed by atoms with E-state index in [1.165, 1.54) is 25.7 Å². The molecule has 1 aliphatic rings. The molecule has 0 saturated carbocycles. The summed E-state index contributed by atoms with van der Waals surface area (Å²) in [6.45, 7) is 3.11. The second-order valence-electron chi connectivity index (χ2n) is 6.22. The zero-order valence-corrected chi connectivity index (χ0v) is 14.4. The summed E-state index contributed by atoms with van der Waals surface area (Å²) in [5, 5.41) is 8.69. The monoisotopic (exact) mass is 332 g/mol. The molecule has 0 bridgehead atoms. The number of carbonyl (C=O) groups excluding carboxylic acids is 2. The molecule has 1 saturated heterocycles. The highest BCUT2D eigenvalue weighted by molar-refractivity contribution is 5.93. The third-order valence-corrected chi connectivity index (χ3v) is 4.12. The van der Waals surface area contributed by atoms with Crippen molar-refractivity contribution in [3.63, 3.8) is 0 Å². The molecule has 0 aromatic heterocycles. The zero-order chi connectivity index (χ0) is 17.2. The molecule has 0 radical (unpaired) electrons. The summed E-state index contributed by atoms with van der Waals surface area (Å²) in [6.07, 6.45) is 5.31. The number of amides is 2. The van der Waals surface area contributed by atoms with Crippen molar-refractivity contribution < 1.29 is 9.59 Å². The van der Waals surface area contributed by atoms with Crippen LogP contribution in [0.2, 0.25) is 0 Å². The molecule has 132 valence electrons. The van der Waals surface area contributed by atoms with Crippen LogP contribution in [-0.2, 0) is 9.59 Å². The van der Waals surface area contributed by atoms with Gasteiger partial charge in [0.2, 0.25) is 11.8 Å². The normalized spacial score (nSPS) is 15.5. The third-order valence-electron chi connectivity index (χ3n) is 4.12. The topological polar surface area (TPSA) is 73.5 Å². The Labute approximate surface area is 144 Å². The standard InChI is InChI=1S/C18H28N4O2/c1-19-11-10-17(23)20-15-6-8-16(9-7-15)21-18(24)14-22-12-4-2-3-5-13-22/h6-9,19H,2-5,10-14H2,1H3,(H,20,23)(H,21,24). The van der Waals surface area contributed by atoms with Crippen molar-refractivity contribution in [3.8, 4) is 0 Å². The maximum absolute atomic E-state index is 12.1.